The van der Waals surface area contributed by atoms with Gasteiger partial charge < -0.3 is 39.0 Å². The minimum Gasteiger partial charge on any atom is -0.496 e. The van der Waals surface area contributed by atoms with E-state index in [0.29, 0.717) is 88.1 Å². The van der Waals surface area contributed by atoms with Crippen molar-refractivity contribution < 1.29 is 48.3 Å². The molecule has 3 fully saturated rings. The van der Waals surface area contributed by atoms with Gasteiger partial charge in [0.15, 0.2) is 6.10 Å². The Labute approximate surface area is 356 Å². The van der Waals surface area contributed by atoms with Crippen LogP contribution in [0, 0.1) is 11.3 Å². The average Bonchev–Trinajstić information content (AvgIpc) is 3.93. The number of benzene rings is 2. The number of aromatic amines is 1. The van der Waals surface area contributed by atoms with Crippen LogP contribution in [0.5, 0.6) is 5.75 Å². The fraction of sp³-hybridized carbons (Fsp3) is 0.574. The summed E-state index contributed by atoms with van der Waals surface area (Å²) in [6.07, 6.45) is 6.20. The topological polar surface area (TPSA) is 171 Å². The highest BCUT2D eigenvalue weighted by Crippen LogP contribution is 2.68. The van der Waals surface area contributed by atoms with Crippen LogP contribution in [0.4, 0.5) is 5.69 Å². The Morgan fingerprint density at radius 2 is 1.77 bits per heavy atom. The van der Waals surface area contributed by atoms with E-state index in [4.69, 9.17) is 18.9 Å². The molecule has 1 aliphatic carbocycles. The normalized spacial score (nSPS) is 36.1. The lowest BCUT2D eigenvalue weighted by atomic mass is 9.47. The maximum Gasteiger partial charge on any atom is 0.344 e. The minimum absolute atomic E-state index is 0.0576. The van der Waals surface area contributed by atoms with Gasteiger partial charge in [0, 0.05) is 78.2 Å². The van der Waals surface area contributed by atoms with Gasteiger partial charge in [-0.05, 0) is 74.2 Å². The van der Waals surface area contributed by atoms with Gasteiger partial charge in [0.2, 0.25) is 12.0 Å². The summed E-state index contributed by atoms with van der Waals surface area (Å²) in [5, 5.41) is 26.4. The number of aromatic nitrogens is 1. The molecule has 14 nitrogen and oxygen atoms in total. The number of fused-ring (bicyclic) bond motifs is 6. The van der Waals surface area contributed by atoms with Crippen molar-refractivity contribution in [3.8, 4) is 5.75 Å². The van der Waals surface area contributed by atoms with Gasteiger partial charge >= 0.3 is 17.9 Å². The molecule has 3 N–H and O–H groups in total. The first-order valence-corrected chi connectivity index (χ1v) is 21.7. The molecule has 1 saturated carbocycles. The first-order chi connectivity index (χ1) is 29.2. The molecule has 14 heteroatoms. The van der Waals surface area contributed by atoms with Crippen molar-refractivity contribution in [3.05, 3.63) is 70.9 Å². The SMILES string of the molecule is CCC1(O)CC2CN(CCc3c([nH]c4ccccc34)C(CC(=O)OC)(c3cc4c(cc3OC)N(C=O)C3C(O)(C(=O)OC)C(OC(C)=O)C5(CC)C=CCN6CCC43C65)C2)C1. The highest BCUT2D eigenvalue weighted by atomic mass is 16.6. The lowest BCUT2D eigenvalue weighted by Gasteiger charge is -2.63. The molecule has 1 spiro atoms. The predicted octanol–water partition coefficient (Wildman–Crippen LogP) is 3.91. The van der Waals surface area contributed by atoms with Crippen molar-refractivity contribution >= 4 is 40.9 Å². The third kappa shape index (κ3) is 5.67. The van der Waals surface area contributed by atoms with Crippen molar-refractivity contribution in [2.75, 3.05) is 59.0 Å². The average molecular weight is 839 g/mol. The number of esters is 3. The van der Waals surface area contributed by atoms with Crippen LogP contribution < -0.4 is 9.64 Å². The van der Waals surface area contributed by atoms with Crippen LogP contribution >= 0.6 is 0 Å². The summed E-state index contributed by atoms with van der Waals surface area (Å²) in [5.41, 5.74) is -2.01. The van der Waals surface area contributed by atoms with E-state index in [9.17, 15) is 29.4 Å². The number of rotatable bonds is 9. The number of anilines is 1. The fourth-order valence-electron chi connectivity index (χ4n) is 13.6. The van der Waals surface area contributed by atoms with Crippen molar-refractivity contribution in [1.82, 2.24) is 14.8 Å². The highest BCUT2D eigenvalue weighted by Gasteiger charge is 2.81. The molecule has 6 heterocycles. The standard InChI is InChI=1S/C47H58N4O10/c1-7-43(56)22-29-23-45(24-37(54)59-5,38-31(14-18-49(25-29)26-43)30-12-9-10-13-34(30)48-38)33-20-32-35(21-36(33)58-4)51(27-52)40-46(32)16-19-50-17-11-15-44(8-2,39(46)50)41(61-28(3)53)47(40,57)42(55)60-6/h9-13,15,20-21,27,29,39-41,48,56-57H,7-8,14,16-19,22-26H2,1-6H3. The van der Waals surface area contributed by atoms with Crippen molar-refractivity contribution in [2.24, 2.45) is 11.3 Å². The van der Waals surface area contributed by atoms with E-state index in [1.165, 1.54) is 26.0 Å². The van der Waals surface area contributed by atoms with Gasteiger partial charge in [0.25, 0.3) is 0 Å². The number of nitrogens with one attached hydrogen (secondary N) is 1. The molecule has 1 amide bonds. The predicted molar refractivity (Wildman–Crippen MR) is 225 cm³/mol. The number of hydrogen-bond acceptors (Lipinski definition) is 12. The third-order valence-electron chi connectivity index (χ3n) is 15.8. The molecule has 0 radical (unpaired) electrons. The van der Waals surface area contributed by atoms with Crippen LogP contribution in [0.3, 0.4) is 0 Å². The van der Waals surface area contributed by atoms with Crippen LogP contribution in [-0.4, -0.2) is 133 Å². The second-order valence-electron chi connectivity index (χ2n) is 18.5. The molecule has 10 atom stereocenters. The number of carbonyl (C=O) groups is 4. The van der Waals surface area contributed by atoms with Crippen LogP contribution in [0.1, 0.15) is 81.7 Å². The zero-order valence-electron chi connectivity index (χ0n) is 36.0. The van der Waals surface area contributed by atoms with E-state index in [2.05, 4.69) is 26.9 Å². The summed E-state index contributed by atoms with van der Waals surface area (Å²) in [4.78, 5) is 65.3. The molecule has 6 aliphatic rings. The van der Waals surface area contributed by atoms with E-state index in [1.807, 2.05) is 50.3 Å². The monoisotopic (exact) mass is 838 g/mol. The number of carbonyl (C=O) groups excluding carboxylic acids is 4. The highest BCUT2D eigenvalue weighted by molar-refractivity contribution is 5.93. The molecule has 61 heavy (non-hydrogen) atoms. The number of para-hydroxylation sites is 1. The Morgan fingerprint density at radius 1 is 0.984 bits per heavy atom. The number of methoxy groups -OCH3 is 3. The van der Waals surface area contributed by atoms with Crippen molar-refractivity contribution in [1.29, 1.82) is 0 Å². The van der Waals surface area contributed by atoms with Crippen molar-refractivity contribution in [2.45, 2.75) is 106 Å². The largest absolute Gasteiger partial charge is 0.496 e. The molecule has 5 aliphatic heterocycles. The Balaban J connectivity index is 1.38. The summed E-state index contributed by atoms with van der Waals surface area (Å²) >= 11 is 0. The number of H-pyrrole nitrogens is 1. The molecule has 9 rings (SSSR count). The van der Waals surface area contributed by atoms with Crippen LogP contribution in [0.2, 0.25) is 0 Å². The van der Waals surface area contributed by atoms with E-state index >= 15 is 0 Å². The number of piperidine rings is 1. The van der Waals surface area contributed by atoms with Crippen LogP contribution in [0.15, 0.2) is 48.6 Å². The number of hydrogen-bond donors (Lipinski definition) is 3. The van der Waals surface area contributed by atoms with Gasteiger partial charge in [-0.15, -0.1) is 0 Å². The van der Waals surface area contributed by atoms with Crippen molar-refractivity contribution in [3.63, 3.8) is 0 Å². The summed E-state index contributed by atoms with van der Waals surface area (Å²) in [6, 6.07) is 10.3. The molecule has 10 unspecified atom stereocenters. The molecule has 2 saturated heterocycles. The number of aliphatic hydroxyl groups is 2. The summed E-state index contributed by atoms with van der Waals surface area (Å²) in [6.45, 7) is 8.36. The van der Waals surface area contributed by atoms with Crippen LogP contribution in [-0.2, 0) is 50.6 Å². The number of amides is 1. The lowest BCUT2D eigenvalue weighted by molar-refractivity contribution is -0.228. The molecule has 2 aromatic carbocycles. The maximum absolute atomic E-state index is 14.4. The Hall–Kier alpha value is -4.76. The van der Waals surface area contributed by atoms with Gasteiger partial charge in [-0.1, -0.05) is 44.2 Å². The first kappa shape index (κ1) is 41.6. The van der Waals surface area contributed by atoms with E-state index < -0.39 is 63.5 Å². The van der Waals surface area contributed by atoms with Gasteiger partial charge in [0.1, 0.15) is 5.75 Å². The lowest BCUT2D eigenvalue weighted by Crippen LogP contribution is -2.81. The Kier molecular flexibility index (Phi) is 10.0. The number of ether oxygens (including phenoxy) is 4. The molecule has 326 valence electrons. The Morgan fingerprint density at radius 3 is 2.46 bits per heavy atom. The third-order valence-corrected chi connectivity index (χ3v) is 15.8. The van der Waals surface area contributed by atoms with Gasteiger partial charge in [-0.2, -0.15) is 0 Å². The molecular weight excluding hydrogens is 781 g/mol. The van der Waals surface area contributed by atoms with E-state index in [0.717, 1.165) is 34.3 Å². The molecular formula is C47H58N4O10. The quantitative estimate of drug-likeness (QED) is 0.123. The van der Waals surface area contributed by atoms with Gasteiger partial charge in [0.05, 0.1) is 50.5 Å². The zero-order valence-corrected chi connectivity index (χ0v) is 36.0. The van der Waals surface area contributed by atoms with Gasteiger partial charge in [-0.3, -0.25) is 24.2 Å². The van der Waals surface area contributed by atoms with E-state index in [1.54, 1.807) is 7.11 Å². The number of nitrogens with zero attached hydrogens (tertiary/aromatic N) is 3. The zero-order chi connectivity index (χ0) is 43.3. The summed E-state index contributed by atoms with van der Waals surface area (Å²) < 4.78 is 23.4. The maximum atomic E-state index is 14.4. The summed E-state index contributed by atoms with van der Waals surface area (Å²) in [7, 11) is 4.14. The first-order valence-electron chi connectivity index (χ1n) is 21.7. The minimum atomic E-state index is -2.51. The van der Waals surface area contributed by atoms with Gasteiger partial charge in [-0.25, -0.2) is 4.79 Å². The summed E-state index contributed by atoms with van der Waals surface area (Å²) in [5.74, 6) is -1.76. The smallest absolute Gasteiger partial charge is 0.344 e. The Bertz CT molecular complexity index is 2330. The fourth-order valence-corrected chi connectivity index (χ4v) is 13.6. The second-order valence-corrected chi connectivity index (χ2v) is 18.5. The molecule has 1 aromatic heterocycles. The molecule has 3 aromatic rings. The second kappa shape index (κ2) is 14.7. The van der Waals surface area contributed by atoms with Crippen LogP contribution in [0.25, 0.3) is 10.9 Å². The van der Waals surface area contributed by atoms with E-state index in [-0.39, 0.29) is 12.3 Å². The molecule has 2 bridgehead atoms.